The van der Waals surface area contributed by atoms with Crippen LogP contribution in [0.3, 0.4) is 0 Å². The fourth-order valence-electron chi connectivity index (χ4n) is 6.90. The summed E-state index contributed by atoms with van der Waals surface area (Å²) in [4.78, 5) is 8.78. The highest BCUT2D eigenvalue weighted by molar-refractivity contribution is 6.09. The lowest BCUT2D eigenvalue weighted by molar-refractivity contribution is 0.110. The minimum Gasteiger partial charge on any atom is -0.372 e. The zero-order valence-corrected chi connectivity index (χ0v) is 25.1. The van der Waals surface area contributed by atoms with E-state index in [0.29, 0.717) is 13.2 Å². The first-order valence-corrected chi connectivity index (χ1v) is 15.6. The molecule has 1 aliphatic heterocycles. The highest BCUT2D eigenvalue weighted by Crippen LogP contribution is 2.39. The molecule has 0 spiro atoms. The zero-order chi connectivity index (χ0) is 30.5. The lowest BCUT2D eigenvalue weighted by Gasteiger charge is -2.15. The predicted octanol–water partition coefficient (Wildman–Crippen LogP) is 10.3. The molecule has 5 aromatic carbocycles. The van der Waals surface area contributed by atoms with Crippen LogP contribution in [-0.4, -0.2) is 14.5 Å². The van der Waals surface area contributed by atoms with E-state index in [1.807, 2.05) is 36.9 Å². The van der Waals surface area contributed by atoms with Gasteiger partial charge in [0.2, 0.25) is 0 Å². The Morgan fingerprint density at radius 3 is 1.70 bits per heavy atom. The zero-order valence-electron chi connectivity index (χ0n) is 25.1. The van der Waals surface area contributed by atoms with Crippen LogP contribution in [0.1, 0.15) is 11.1 Å². The van der Waals surface area contributed by atoms with Gasteiger partial charge in [-0.2, -0.15) is 0 Å². The maximum absolute atomic E-state index is 6.27. The second kappa shape index (κ2) is 11.0. The summed E-state index contributed by atoms with van der Waals surface area (Å²) >= 11 is 0. The standard InChI is InChI=1S/C42H29N3O/c1-3-11-41-38(9-1)39-10-2-4-12-42(39)45(41)36-15-16-37-35(22-36)27-46-26-31-14-13-28(23-40(31)37)32-19-33(29-7-5-17-43-24-29)21-34(20-32)30-8-6-18-44-25-30/h1-25H,26-27H2. The fourth-order valence-corrected chi connectivity index (χ4v) is 6.90. The number of aromatic nitrogens is 3. The molecule has 0 unspecified atom stereocenters. The molecule has 0 radical (unpaired) electrons. The van der Waals surface area contributed by atoms with E-state index in [4.69, 9.17) is 4.74 Å². The molecule has 8 aromatic rings. The van der Waals surface area contributed by atoms with Crippen molar-refractivity contribution in [3.63, 3.8) is 0 Å². The normalized spacial score (nSPS) is 12.5. The summed E-state index contributed by atoms with van der Waals surface area (Å²) in [6, 6.07) is 45.8. The third-order valence-corrected chi connectivity index (χ3v) is 9.10. The fraction of sp³-hybridized carbons (Fsp3) is 0.0476. The van der Waals surface area contributed by atoms with Gasteiger partial charge in [0.05, 0.1) is 24.2 Å². The Balaban J connectivity index is 1.19. The molecular weight excluding hydrogens is 562 g/mol. The Kier molecular flexibility index (Phi) is 6.32. The van der Waals surface area contributed by atoms with E-state index in [1.165, 1.54) is 44.1 Å². The number of hydrogen-bond acceptors (Lipinski definition) is 3. The Labute approximate surface area is 267 Å². The van der Waals surface area contributed by atoms with Crippen LogP contribution in [0.5, 0.6) is 0 Å². The van der Waals surface area contributed by atoms with Gasteiger partial charge in [0.25, 0.3) is 0 Å². The van der Waals surface area contributed by atoms with Crippen LogP contribution < -0.4 is 0 Å². The highest BCUT2D eigenvalue weighted by atomic mass is 16.5. The number of hydrogen-bond donors (Lipinski definition) is 0. The number of pyridine rings is 2. The molecule has 0 atom stereocenters. The van der Waals surface area contributed by atoms with Gasteiger partial charge < -0.3 is 9.30 Å². The molecule has 0 fully saturated rings. The summed E-state index contributed by atoms with van der Waals surface area (Å²) in [5.41, 5.74) is 15.1. The van der Waals surface area contributed by atoms with Crippen LogP contribution in [0.15, 0.2) is 152 Å². The average Bonchev–Trinajstić information content (AvgIpc) is 3.35. The smallest absolute Gasteiger partial charge is 0.0728 e. The van der Waals surface area contributed by atoms with E-state index >= 15 is 0 Å². The molecule has 0 saturated carbocycles. The van der Waals surface area contributed by atoms with Gasteiger partial charge in [0.15, 0.2) is 0 Å². The van der Waals surface area contributed by atoms with Crippen molar-refractivity contribution in [2.75, 3.05) is 0 Å². The Bertz CT molecular complexity index is 2280. The molecule has 218 valence electrons. The summed E-state index contributed by atoms with van der Waals surface area (Å²) in [7, 11) is 0. The number of benzene rings is 5. The summed E-state index contributed by atoms with van der Waals surface area (Å²) in [6.07, 6.45) is 7.47. The van der Waals surface area contributed by atoms with E-state index in [2.05, 4.69) is 130 Å². The molecular formula is C42H29N3O. The topological polar surface area (TPSA) is 39.9 Å². The van der Waals surface area contributed by atoms with Gasteiger partial charge >= 0.3 is 0 Å². The molecule has 0 bridgehead atoms. The number of nitrogens with zero attached hydrogens (tertiary/aromatic N) is 3. The van der Waals surface area contributed by atoms with Crippen molar-refractivity contribution < 1.29 is 4.74 Å². The molecule has 4 heterocycles. The minimum absolute atomic E-state index is 0.561. The molecule has 3 aromatic heterocycles. The van der Waals surface area contributed by atoms with E-state index < -0.39 is 0 Å². The van der Waals surface area contributed by atoms with Crippen LogP contribution in [0.4, 0.5) is 0 Å². The van der Waals surface area contributed by atoms with Crippen LogP contribution in [-0.2, 0) is 18.0 Å². The van der Waals surface area contributed by atoms with Crippen molar-refractivity contribution in [3.8, 4) is 50.2 Å². The predicted molar refractivity (Wildman–Crippen MR) is 187 cm³/mol. The lowest BCUT2D eigenvalue weighted by atomic mass is 9.90. The van der Waals surface area contributed by atoms with Crippen LogP contribution >= 0.6 is 0 Å². The molecule has 4 heteroatoms. The largest absolute Gasteiger partial charge is 0.372 e. The molecule has 46 heavy (non-hydrogen) atoms. The number of para-hydroxylation sites is 2. The van der Waals surface area contributed by atoms with Gasteiger partial charge in [-0.1, -0.05) is 66.7 Å². The van der Waals surface area contributed by atoms with E-state index in [1.54, 1.807) is 0 Å². The van der Waals surface area contributed by atoms with E-state index in [9.17, 15) is 0 Å². The van der Waals surface area contributed by atoms with Crippen molar-refractivity contribution in [2.45, 2.75) is 13.2 Å². The van der Waals surface area contributed by atoms with E-state index in [0.717, 1.165) is 39.1 Å². The number of rotatable bonds is 4. The maximum atomic E-state index is 6.27. The molecule has 0 amide bonds. The van der Waals surface area contributed by atoms with Gasteiger partial charge in [0, 0.05) is 52.4 Å². The first kappa shape index (κ1) is 26.6. The first-order valence-electron chi connectivity index (χ1n) is 15.6. The molecule has 0 aliphatic carbocycles. The Morgan fingerprint density at radius 2 is 1.07 bits per heavy atom. The van der Waals surface area contributed by atoms with Crippen molar-refractivity contribution in [1.29, 1.82) is 0 Å². The summed E-state index contributed by atoms with van der Waals surface area (Å²) in [5.74, 6) is 0. The highest BCUT2D eigenvalue weighted by Gasteiger charge is 2.19. The molecule has 0 saturated heterocycles. The van der Waals surface area contributed by atoms with Crippen molar-refractivity contribution >= 4 is 21.8 Å². The van der Waals surface area contributed by atoms with Crippen LogP contribution in [0.25, 0.3) is 72.0 Å². The lowest BCUT2D eigenvalue weighted by Crippen LogP contribution is -1.97. The van der Waals surface area contributed by atoms with Crippen LogP contribution in [0, 0.1) is 0 Å². The third-order valence-electron chi connectivity index (χ3n) is 9.10. The van der Waals surface area contributed by atoms with Gasteiger partial charge in [-0.3, -0.25) is 9.97 Å². The quantitative estimate of drug-likeness (QED) is 0.204. The SMILES string of the molecule is c1cncc(-c2cc(-c3cccnc3)cc(-c3ccc4c(c3)-c3ccc(-n5c6ccccc6c6ccccc65)cc3COC4)c2)c1. The number of ether oxygens (including phenoxy) is 1. The number of fused-ring (bicyclic) bond motifs is 6. The Morgan fingerprint density at radius 1 is 0.457 bits per heavy atom. The van der Waals surface area contributed by atoms with Crippen molar-refractivity contribution in [3.05, 3.63) is 163 Å². The molecule has 1 aliphatic rings. The summed E-state index contributed by atoms with van der Waals surface area (Å²) in [6.45, 7) is 1.14. The average molecular weight is 592 g/mol. The van der Waals surface area contributed by atoms with Gasteiger partial charge in [-0.25, -0.2) is 0 Å². The maximum Gasteiger partial charge on any atom is 0.0728 e. The second-order valence-electron chi connectivity index (χ2n) is 11.9. The van der Waals surface area contributed by atoms with Crippen LogP contribution in [0.2, 0.25) is 0 Å². The van der Waals surface area contributed by atoms with Crippen molar-refractivity contribution in [2.24, 2.45) is 0 Å². The first-order chi connectivity index (χ1) is 22.8. The van der Waals surface area contributed by atoms with Gasteiger partial charge in [-0.15, -0.1) is 0 Å². The Hall–Kier alpha value is -5.84. The summed E-state index contributed by atoms with van der Waals surface area (Å²) in [5, 5.41) is 2.52. The van der Waals surface area contributed by atoms with Crippen molar-refractivity contribution in [1.82, 2.24) is 14.5 Å². The molecule has 9 rings (SSSR count). The third kappa shape index (κ3) is 4.50. The second-order valence-corrected chi connectivity index (χ2v) is 11.9. The molecule has 0 N–H and O–H groups in total. The van der Waals surface area contributed by atoms with Gasteiger partial charge in [-0.05, 0) is 105 Å². The molecule has 4 nitrogen and oxygen atoms in total. The minimum atomic E-state index is 0.561. The van der Waals surface area contributed by atoms with E-state index in [-0.39, 0.29) is 0 Å². The van der Waals surface area contributed by atoms with Gasteiger partial charge in [0.1, 0.15) is 0 Å². The monoisotopic (exact) mass is 591 g/mol. The summed E-state index contributed by atoms with van der Waals surface area (Å²) < 4.78 is 8.64.